The molecule has 0 aliphatic carbocycles. The molecule has 0 unspecified atom stereocenters. The van der Waals surface area contributed by atoms with Gasteiger partial charge in [0, 0.05) is 16.7 Å². The zero-order valence-corrected chi connectivity index (χ0v) is 12.2. The van der Waals surface area contributed by atoms with E-state index in [2.05, 4.69) is 76.7 Å². The van der Waals surface area contributed by atoms with Gasteiger partial charge in [0.25, 0.3) is 0 Å². The van der Waals surface area contributed by atoms with Crippen LogP contribution in [-0.4, -0.2) is 6.54 Å². The standard InChI is InChI=1S/C16H18BrN/c1-13-12-15(17)9-10-16(13)18-11-5-8-14-6-3-2-4-7-14/h2-4,6-7,9-10,12,18H,5,8,11H2,1H3. The van der Waals surface area contributed by atoms with Gasteiger partial charge in [-0.25, -0.2) is 0 Å². The third-order valence-corrected chi connectivity index (χ3v) is 3.48. The molecule has 0 aromatic heterocycles. The van der Waals surface area contributed by atoms with E-state index in [-0.39, 0.29) is 0 Å². The summed E-state index contributed by atoms with van der Waals surface area (Å²) in [5.41, 5.74) is 3.92. The van der Waals surface area contributed by atoms with Crippen LogP contribution in [0.15, 0.2) is 53.0 Å². The normalized spacial score (nSPS) is 10.3. The average Bonchev–Trinajstić information content (AvgIpc) is 2.38. The van der Waals surface area contributed by atoms with Crippen molar-refractivity contribution in [3.05, 3.63) is 64.1 Å². The molecule has 0 bridgehead atoms. The topological polar surface area (TPSA) is 12.0 Å². The second kappa shape index (κ2) is 6.60. The van der Waals surface area contributed by atoms with Crippen LogP contribution in [0.4, 0.5) is 5.69 Å². The molecule has 18 heavy (non-hydrogen) atoms. The van der Waals surface area contributed by atoms with Crippen LogP contribution in [0.25, 0.3) is 0 Å². The van der Waals surface area contributed by atoms with Crippen molar-refractivity contribution in [2.45, 2.75) is 19.8 Å². The van der Waals surface area contributed by atoms with Gasteiger partial charge in [-0.2, -0.15) is 0 Å². The number of aryl methyl sites for hydroxylation is 2. The number of benzene rings is 2. The van der Waals surface area contributed by atoms with E-state index in [9.17, 15) is 0 Å². The first-order chi connectivity index (χ1) is 8.75. The predicted molar refractivity (Wildman–Crippen MR) is 82.1 cm³/mol. The Kier molecular flexibility index (Phi) is 4.82. The highest BCUT2D eigenvalue weighted by molar-refractivity contribution is 9.10. The largest absolute Gasteiger partial charge is 0.385 e. The Morgan fingerprint density at radius 3 is 2.56 bits per heavy atom. The lowest BCUT2D eigenvalue weighted by atomic mass is 10.1. The first kappa shape index (κ1) is 13.2. The first-order valence-corrected chi connectivity index (χ1v) is 7.09. The summed E-state index contributed by atoms with van der Waals surface area (Å²) in [4.78, 5) is 0. The number of anilines is 1. The maximum absolute atomic E-state index is 3.49. The lowest BCUT2D eigenvalue weighted by Gasteiger charge is -2.09. The van der Waals surface area contributed by atoms with Gasteiger partial charge < -0.3 is 5.32 Å². The number of nitrogens with one attached hydrogen (secondary N) is 1. The fourth-order valence-electron chi connectivity index (χ4n) is 1.99. The molecule has 1 N–H and O–H groups in total. The quantitative estimate of drug-likeness (QED) is 0.782. The van der Waals surface area contributed by atoms with Gasteiger partial charge in [0.15, 0.2) is 0 Å². The molecular weight excluding hydrogens is 286 g/mol. The minimum atomic E-state index is 1.01. The molecule has 0 saturated carbocycles. The highest BCUT2D eigenvalue weighted by Crippen LogP contribution is 2.19. The molecule has 0 amide bonds. The molecule has 2 aromatic rings. The molecule has 0 spiro atoms. The van der Waals surface area contributed by atoms with Crippen LogP contribution < -0.4 is 5.32 Å². The highest BCUT2D eigenvalue weighted by atomic mass is 79.9. The maximum Gasteiger partial charge on any atom is 0.0370 e. The molecule has 0 aliphatic heterocycles. The summed E-state index contributed by atoms with van der Waals surface area (Å²) in [6.07, 6.45) is 2.28. The SMILES string of the molecule is Cc1cc(Br)ccc1NCCCc1ccccc1. The predicted octanol–water partition coefficient (Wildman–Crippen LogP) is 4.80. The van der Waals surface area contributed by atoms with Crippen LogP contribution in [0.3, 0.4) is 0 Å². The van der Waals surface area contributed by atoms with Crippen molar-refractivity contribution < 1.29 is 0 Å². The van der Waals surface area contributed by atoms with Gasteiger partial charge >= 0.3 is 0 Å². The van der Waals surface area contributed by atoms with E-state index in [0.717, 1.165) is 23.9 Å². The van der Waals surface area contributed by atoms with Crippen LogP contribution in [0.5, 0.6) is 0 Å². The van der Waals surface area contributed by atoms with Gasteiger partial charge in [-0.05, 0) is 49.1 Å². The minimum Gasteiger partial charge on any atom is -0.385 e. The Balaban J connectivity index is 1.79. The van der Waals surface area contributed by atoms with Crippen molar-refractivity contribution in [2.75, 3.05) is 11.9 Å². The average molecular weight is 304 g/mol. The van der Waals surface area contributed by atoms with Gasteiger partial charge in [-0.15, -0.1) is 0 Å². The van der Waals surface area contributed by atoms with Gasteiger partial charge in [-0.1, -0.05) is 46.3 Å². The molecule has 2 rings (SSSR count). The molecule has 0 atom stereocenters. The summed E-state index contributed by atoms with van der Waals surface area (Å²) < 4.78 is 1.13. The zero-order chi connectivity index (χ0) is 12.8. The summed E-state index contributed by atoms with van der Waals surface area (Å²) in [5, 5.41) is 3.49. The lowest BCUT2D eigenvalue weighted by molar-refractivity contribution is 0.862. The summed E-state index contributed by atoms with van der Waals surface area (Å²) >= 11 is 3.48. The molecule has 2 heteroatoms. The number of rotatable bonds is 5. The molecular formula is C16H18BrN. The van der Waals surface area contributed by atoms with Crippen molar-refractivity contribution in [1.82, 2.24) is 0 Å². The molecule has 0 radical (unpaired) electrons. The maximum atomic E-state index is 3.49. The molecule has 0 fully saturated rings. The van der Waals surface area contributed by atoms with E-state index in [0.29, 0.717) is 0 Å². The molecule has 0 saturated heterocycles. The highest BCUT2D eigenvalue weighted by Gasteiger charge is 1.98. The third kappa shape index (κ3) is 3.88. The minimum absolute atomic E-state index is 1.01. The van der Waals surface area contributed by atoms with Crippen LogP contribution >= 0.6 is 15.9 Å². The fraction of sp³-hybridized carbons (Fsp3) is 0.250. The van der Waals surface area contributed by atoms with Crippen LogP contribution in [0.1, 0.15) is 17.5 Å². The van der Waals surface area contributed by atoms with E-state index in [1.165, 1.54) is 16.8 Å². The first-order valence-electron chi connectivity index (χ1n) is 6.29. The smallest absolute Gasteiger partial charge is 0.0370 e. The summed E-state index contributed by atoms with van der Waals surface area (Å²) in [7, 11) is 0. The lowest BCUT2D eigenvalue weighted by Crippen LogP contribution is -2.04. The van der Waals surface area contributed by atoms with Gasteiger partial charge in [0.05, 0.1) is 0 Å². The van der Waals surface area contributed by atoms with E-state index in [1.54, 1.807) is 0 Å². The van der Waals surface area contributed by atoms with Crippen molar-refractivity contribution in [2.24, 2.45) is 0 Å². The Hall–Kier alpha value is -1.28. The van der Waals surface area contributed by atoms with Gasteiger partial charge in [-0.3, -0.25) is 0 Å². The number of halogens is 1. The van der Waals surface area contributed by atoms with E-state index in [1.807, 2.05) is 0 Å². The Morgan fingerprint density at radius 2 is 1.83 bits per heavy atom. The van der Waals surface area contributed by atoms with Crippen molar-refractivity contribution in [1.29, 1.82) is 0 Å². The molecule has 0 aliphatic rings. The van der Waals surface area contributed by atoms with Crippen molar-refractivity contribution >= 4 is 21.6 Å². The fourth-order valence-corrected chi connectivity index (χ4v) is 2.46. The van der Waals surface area contributed by atoms with E-state index >= 15 is 0 Å². The zero-order valence-electron chi connectivity index (χ0n) is 10.6. The van der Waals surface area contributed by atoms with Crippen molar-refractivity contribution in [3.63, 3.8) is 0 Å². The molecule has 0 heterocycles. The van der Waals surface area contributed by atoms with Crippen LogP contribution in [-0.2, 0) is 6.42 Å². The molecule has 1 nitrogen and oxygen atoms in total. The van der Waals surface area contributed by atoms with Crippen LogP contribution in [0.2, 0.25) is 0 Å². The molecule has 2 aromatic carbocycles. The summed E-state index contributed by atoms with van der Waals surface area (Å²) in [5.74, 6) is 0. The monoisotopic (exact) mass is 303 g/mol. The van der Waals surface area contributed by atoms with Gasteiger partial charge in [0.1, 0.15) is 0 Å². The van der Waals surface area contributed by atoms with Crippen molar-refractivity contribution in [3.8, 4) is 0 Å². The van der Waals surface area contributed by atoms with Crippen LogP contribution in [0, 0.1) is 6.92 Å². The van der Waals surface area contributed by atoms with E-state index < -0.39 is 0 Å². The Bertz CT molecular complexity index is 494. The molecule has 94 valence electrons. The third-order valence-electron chi connectivity index (χ3n) is 2.99. The second-order valence-corrected chi connectivity index (χ2v) is 5.39. The Labute approximate surface area is 117 Å². The number of hydrogen-bond acceptors (Lipinski definition) is 1. The van der Waals surface area contributed by atoms with Gasteiger partial charge in [0.2, 0.25) is 0 Å². The van der Waals surface area contributed by atoms with E-state index in [4.69, 9.17) is 0 Å². The summed E-state index contributed by atoms with van der Waals surface area (Å²) in [6.45, 7) is 3.14. The summed E-state index contributed by atoms with van der Waals surface area (Å²) in [6, 6.07) is 17.0. The Morgan fingerprint density at radius 1 is 1.06 bits per heavy atom. The number of hydrogen-bond donors (Lipinski definition) is 1. The second-order valence-electron chi connectivity index (χ2n) is 4.48.